The fraction of sp³-hybridized carbons (Fsp3) is 0.222. The van der Waals surface area contributed by atoms with E-state index < -0.39 is 6.10 Å². The number of ether oxygens (including phenoxy) is 1. The Bertz CT molecular complexity index is 1410. The van der Waals surface area contributed by atoms with Crippen LogP contribution in [0.1, 0.15) is 11.4 Å². The van der Waals surface area contributed by atoms with Crippen LogP contribution < -0.4 is 15.4 Å². The van der Waals surface area contributed by atoms with Gasteiger partial charge in [-0.3, -0.25) is 0 Å². The molecule has 0 aliphatic heterocycles. The Kier molecular flexibility index (Phi) is 7.62. The smallest absolute Gasteiger partial charge is 0.143 e. The maximum atomic E-state index is 9.51. The molecule has 0 spiro atoms. The first kappa shape index (κ1) is 24.9. The molecule has 0 bridgehead atoms. The molecule has 0 saturated carbocycles. The van der Waals surface area contributed by atoms with Gasteiger partial charge < -0.3 is 35.6 Å². The Balaban J connectivity index is 1.59. The zero-order chi connectivity index (χ0) is 25.7. The zero-order valence-electron chi connectivity index (χ0n) is 20.5. The molecule has 2 aromatic carbocycles. The zero-order valence-corrected chi connectivity index (χ0v) is 20.5. The maximum absolute atomic E-state index is 9.51. The first-order valence-corrected chi connectivity index (χ1v) is 11.5. The number of nitrogens with zero attached hydrogens (tertiary/aromatic N) is 3. The van der Waals surface area contributed by atoms with Crippen LogP contribution in [0.3, 0.4) is 0 Å². The molecule has 4 rings (SSSR count). The molecule has 0 saturated heterocycles. The molecule has 1 unspecified atom stereocenters. The number of hydrogen-bond donors (Lipinski definition) is 5. The van der Waals surface area contributed by atoms with Crippen molar-refractivity contribution in [3.8, 4) is 17.0 Å². The standard InChI is InChI=1S/C27H30N6O3/c1-17-30-15-25(33(17)2)19-6-7-24(26(9-19)36-3)32-27-10-21-8-18(4-5-20(21)13-31-27)22(11-28)12-29-14-23(35)16-34/h4-13,15,23,28-29,34-35H,14,16H2,1-3H3,(H,31,32)/b22-12+,28-11?. The molecule has 4 aromatic rings. The van der Waals surface area contributed by atoms with Crippen LogP contribution in [0, 0.1) is 12.3 Å². The van der Waals surface area contributed by atoms with Crippen molar-refractivity contribution in [1.29, 1.82) is 5.41 Å². The molecule has 36 heavy (non-hydrogen) atoms. The molecule has 0 aliphatic carbocycles. The van der Waals surface area contributed by atoms with Crippen molar-refractivity contribution in [1.82, 2.24) is 19.9 Å². The summed E-state index contributed by atoms with van der Waals surface area (Å²) >= 11 is 0. The van der Waals surface area contributed by atoms with Crippen molar-refractivity contribution < 1.29 is 14.9 Å². The van der Waals surface area contributed by atoms with E-state index in [1.54, 1.807) is 19.5 Å². The Morgan fingerprint density at radius 3 is 2.67 bits per heavy atom. The molecular weight excluding hydrogens is 456 g/mol. The molecule has 2 heterocycles. The summed E-state index contributed by atoms with van der Waals surface area (Å²) in [5.74, 6) is 2.28. The molecular formula is C27H30N6O3. The maximum Gasteiger partial charge on any atom is 0.143 e. The highest BCUT2D eigenvalue weighted by Gasteiger charge is 2.11. The van der Waals surface area contributed by atoms with Crippen LogP contribution >= 0.6 is 0 Å². The Labute approximate surface area is 209 Å². The van der Waals surface area contributed by atoms with Crippen molar-refractivity contribution in [3.05, 3.63) is 72.4 Å². The molecule has 9 heteroatoms. The minimum absolute atomic E-state index is 0.195. The summed E-state index contributed by atoms with van der Waals surface area (Å²) in [6.07, 6.45) is 5.69. The average molecular weight is 487 g/mol. The lowest BCUT2D eigenvalue weighted by atomic mass is 10.0. The quantitative estimate of drug-likeness (QED) is 0.217. The van der Waals surface area contributed by atoms with E-state index in [2.05, 4.69) is 20.6 Å². The van der Waals surface area contributed by atoms with Crippen molar-refractivity contribution in [3.63, 3.8) is 0 Å². The predicted octanol–water partition coefficient (Wildman–Crippen LogP) is 3.63. The number of aliphatic hydroxyl groups excluding tert-OH is 2. The predicted molar refractivity (Wildman–Crippen MR) is 143 cm³/mol. The van der Waals surface area contributed by atoms with Crippen LogP contribution in [0.15, 0.2) is 61.1 Å². The van der Waals surface area contributed by atoms with Crippen molar-refractivity contribution in [2.24, 2.45) is 7.05 Å². The number of benzene rings is 2. The summed E-state index contributed by atoms with van der Waals surface area (Å²) in [4.78, 5) is 8.92. The number of aryl methyl sites for hydroxylation is 1. The second kappa shape index (κ2) is 11.0. The summed E-state index contributed by atoms with van der Waals surface area (Å²) in [6, 6.07) is 13.7. The van der Waals surface area contributed by atoms with Gasteiger partial charge in [0.05, 0.1) is 37.4 Å². The number of hydrogen-bond acceptors (Lipinski definition) is 8. The van der Waals surface area contributed by atoms with Crippen molar-refractivity contribution in [2.75, 3.05) is 25.6 Å². The third-order valence-corrected chi connectivity index (χ3v) is 6.01. The van der Waals surface area contributed by atoms with Gasteiger partial charge in [0.25, 0.3) is 0 Å². The van der Waals surface area contributed by atoms with Crippen LogP contribution in [0.5, 0.6) is 5.75 Å². The van der Waals surface area contributed by atoms with E-state index in [4.69, 9.17) is 15.3 Å². The lowest BCUT2D eigenvalue weighted by Gasteiger charge is -2.13. The van der Waals surface area contributed by atoms with E-state index in [1.165, 1.54) is 6.21 Å². The molecule has 1 atom stereocenters. The molecule has 186 valence electrons. The number of aromatic nitrogens is 3. The summed E-state index contributed by atoms with van der Waals surface area (Å²) < 4.78 is 7.68. The summed E-state index contributed by atoms with van der Waals surface area (Å²) in [6.45, 7) is 1.84. The number of aliphatic hydroxyl groups is 2. The van der Waals surface area contributed by atoms with Gasteiger partial charge in [-0.15, -0.1) is 0 Å². The largest absolute Gasteiger partial charge is 0.495 e. The Hall–Kier alpha value is -4.21. The average Bonchev–Trinajstić information content (AvgIpc) is 3.24. The number of pyridine rings is 1. The number of imidazole rings is 1. The number of fused-ring (bicyclic) bond motifs is 1. The second-order valence-electron chi connectivity index (χ2n) is 8.41. The van der Waals surface area contributed by atoms with Gasteiger partial charge in [0.1, 0.15) is 17.4 Å². The van der Waals surface area contributed by atoms with Gasteiger partial charge in [-0.25, -0.2) is 9.97 Å². The minimum Gasteiger partial charge on any atom is -0.495 e. The highest BCUT2D eigenvalue weighted by atomic mass is 16.5. The first-order valence-electron chi connectivity index (χ1n) is 11.5. The van der Waals surface area contributed by atoms with E-state index >= 15 is 0 Å². The van der Waals surface area contributed by atoms with Gasteiger partial charge in [0.2, 0.25) is 0 Å². The lowest BCUT2D eigenvalue weighted by molar-refractivity contribution is 0.0972. The minimum atomic E-state index is -0.858. The van der Waals surface area contributed by atoms with Crippen molar-refractivity contribution >= 4 is 34.1 Å². The topological polar surface area (TPSA) is 128 Å². The van der Waals surface area contributed by atoms with Crippen LogP contribution in [0.2, 0.25) is 0 Å². The molecule has 9 nitrogen and oxygen atoms in total. The first-order chi connectivity index (χ1) is 17.4. The van der Waals surface area contributed by atoms with E-state index in [0.717, 1.165) is 39.1 Å². The number of anilines is 2. The Morgan fingerprint density at radius 1 is 1.14 bits per heavy atom. The highest BCUT2D eigenvalue weighted by molar-refractivity contribution is 6.09. The van der Waals surface area contributed by atoms with Gasteiger partial charge in [-0.2, -0.15) is 0 Å². The van der Waals surface area contributed by atoms with Crippen LogP contribution in [-0.2, 0) is 7.05 Å². The molecule has 0 radical (unpaired) electrons. The van der Waals surface area contributed by atoms with E-state index in [0.29, 0.717) is 17.1 Å². The molecule has 0 amide bonds. The normalized spacial score (nSPS) is 12.4. The fourth-order valence-electron chi connectivity index (χ4n) is 3.83. The van der Waals surface area contributed by atoms with Gasteiger partial charge in [0.15, 0.2) is 0 Å². The van der Waals surface area contributed by atoms with E-state index in [1.807, 2.05) is 67.2 Å². The SMILES string of the molecule is COc1cc(-c2cnc(C)n2C)ccc1Nc1cc2cc(/C(C=N)=C/NCC(O)CO)ccc2cn1. The monoisotopic (exact) mass is 486 g/mol. The lowest BCUT2D eigenvalue weighted by Crippen LogP contribution is -2.26. The summed E-state index contributed by atoms with van der Waals surface area (Å²) in [5.41, 5.74) is 4.28. The fourth-order valence-corrected chi connectivity index (χ4v) is 3.83. The highest BCUT2D eigenvalue weighted by Crippen LogP contribution is 2.33. The van der Waals surface area contributed by atoms with Gasteiger partial charge >= 0.3 is 0 Å². The third kappa shape index (κ3) is 5.37. The van der Waals surface area contributed by atoms with Crippen molar-refractivity contribution in [2.45, 2.75) is 13.0 Å². The molecule has 0 fully saturated rings. The molecule has 0 aliphatic rings. The molecule has 5 N–H and O–H groups in total. The number of allylic oxidation sites excluding steroid dienone is 1. The van der Waals surface area contributed by atoms with Gasteiger partial charge in [-0.05, 0) is 42.1 Å². The molecule has 2 aromatic heterocycles. The third-order valence-electron chi connectivity index (χ3n) is 6.01. The van der Waals surface area contributed by atoms with E-state index in [-0.39, 0.29) is 13.2 Å². The summed E-state index contributed by atoms with van der Waals surface area (Å²) in [7, 11) is 3.62. The van der Waals surface area contributed by atoms with Gasteiger partial charge in [-0.1, -0.05) is 18.2 Å². The number of rotatable bonds is 10. The number of nitrogens with one attached hydrogen (secondary N) is 3. The van der Waals surface area contributed by atoms with Gasteiger partial charge in [0, 0.05) is 48.7 Å². The second-order valence-corrected chi connectivity index (χ2v) is 8.41. The number of methoxy groups -OCH3 is 1. The Morgan fingerprint density at radius 2 is 1.97 bits per heavy atom. The summed E-state index contributed by atoms with van der Waals surface area (Å²) in [5, 5.41) is 34.4. The van der Waals surface area contributed by atoms with Crippen LogP contribution in [0.25, 0.3) is 27.6 Å². The van der Waals surface area contributed by atoms with Crippen LogP contribution in [0.4, 0.5) is 11.5 Å². The van der Waals surface area contributed by atoms with E-state index in [9.17, 15) is 5.11 Å². The van der Waals surface area contributed by atoms with Crippen LogP contribution in [-0.4, -0.2) is 57.3 Å².